The van der Waals surface area contributed by atoms with Crippen molar-refractivity contribution in [2.45, 2.75) is 19.9 Å². The fraction of sp³-hybridized carbons (Fsp3) is 0.429. The molecule has 5 nitrogen and oxygen atoms in total. The maximum Gasteiger partial charge on any atom is 0.251 e. The predicted molar refractivity (Wildman–Crippen MR) is 84.9 cm³/mol. The molecule has 0 unspecified atom stereocenters. The molecule has 1 atom stereocenters. The Hall–Kier alpha value is -1.30. The first-order valence-electron chi connectivity index (χ1n) is 6.67. The molecule has 1 aromatic carbocycles. The first-order chi connectivity index (χ1) is 9.93. The second kappa shape index (κ2) is 8.87. The number of carbonyl (C=O) groups is 2. The Morgan fingerprint density at radius 2 is 1.90 bits per heavy atom. The second-order valence-corrected chi connectivity index (χ2v) is 5.39. The van der Waals surface area contributed by atoms with Gasteiger partial charge in [0, 0.05) is 18.2 Å². The van der Waals surface area contributed by atoms with E-state index >= 15 is 0 Å². The zero-order valence-electron chi connectivity index (χ0n) is 12.0. The van der Waals surface area contributed by atoms with Gasteiger partial charge in [-0.3, -0.25) is 9.59 Å². The van der Waals surface area contributed by atoms with E-state index in [1.807, 2.05) is 13.8 Å². The molecule has 1 aromatic rings. The van der Waals surface area contributed by atoms with Crippen LogP contribution in [0.5, 0.6) is 0 Å². The number of amides is 2. The summed E-state index contributed by atoms with van der Waals surface area (Å²) in [6, 6.07) is 4.74. The molecule has 21 heavy (non-hydrogen) atoms. The molecular formula is C14H19Cl2N3O2. The van der Waals surface area contributed by atoms with Crippen LogP contribution >= 0.6 is 23.2 Å². The third kappa shape index (κ3) is 6.33. The molecule has 3 N–H and O–H groups in total. The molecule has 0 saturated heterocycles. The molecular weight excluding hydrogens is 313 g/mol. The van der Waals surface area contributed by atoms with Gasteiger partial charge in [0.25, 0.3) is 5.91 Å². The number of halogens is 2. The van der Waals surface area contributed by atoms with Gasteiger partial charge in [0.05, 0.1) is 16.6 Å². The van der Waals surface area contributed by atoms with Crippen molar-refractivity contribution in [3.63, 3.8) is 0 Å². The zero-order valence-corrected chi connectivity index (χ0v) is 13.5. The maximum absolute atomic E-state index is 11.8. The van der Waals surface area contributed by atoms with Gasteiger partial charge >= 0.3 is 0 Å². The summed E-state index contributed by atoms with van der Waals surface area (Å²) < 4.78 is 0. The van der Waals surface area contributed by atoms with Crippen LogP contribution in [-0.2, 0) is 4.79 Å². The van der Waals surface area contributed by atoms with Crippen LogP contribution in [0.15, 0.2) is 18.2 Å². The molecule has 1 rings (SSSR count). The van der Waals surface area contributed by atoms with Crippen molar-refractivity contribution in [1.29, 1.82) is 0 Å². The average molecular weight is 332 g/mol. The van der Waals surface area contributed by atoms with Crippen LogP contribution in [-0.4, -0.2) is 37.5 Å². The van der Waals surface area contributed by atoms with Crippen LogP contribution in [0.4, 0.5) is 0 Å². The quantitative estimate of drug-likeness (QED) is 0.714. The Balaban J connectivity index is 2.38. The van der Waals surface area contributed by atoms with E-state index < -0.39 is 0 Å². The molecule has 0 heterocycles. The lowest BCUT2D eigenvalue weighted by Crippen LogP contribution is -2.43. The molecule has 116 valence electrons. The third-order valence-electron chi connectivity index (χ3n) is 2.75. The van der Waals surface area contributed by atoms with Crippen LogP contribution < -0.4 is 16.0 Å². The minimum absolute atomic E-state index is 0.0854. The van der Waals surface area contributed by atoms with E-state index in [0.29, 0.717) is 22.2 Å². The Labute approximate surface area is 134 Å². The molecule has 0 aliphatic heterocycles. The van der Waals surface area contributed by atoms with Gasteiger partial charge in [-0.25, -0.2) is 0 Å². The summed E-state index contributed by atoms with van der Waals surface area (Å²) >= 11 is 11.6. The van der Waals surface area contributed by atoms with E-state index in [-0.39, 0.29) is 24.4 Å². The van der Waals surface area contributed by atoms with E-state index in [1.165, 1.54) is 12.1 Å². The number of likely N-dealkylation sites (N-methyl/N-ethyl adjacent to an activating group) is 1. The van der Waals surface area contributed by atoms with Crippen LogP contribution in [0.2, 0.25) is 10.0 Å². The first-order valence-corrected chi connectivity index (χ1v) is 7.43. The van der Waals surface area contributed by atoms with Gasteiger partial charge in [-0.05, 0) is 31.7 Å². The lowest BCUT2D eigenvalue weighted by atomic mass is 10.2. The standard InChI is InChI=1S/C14H19Cl2N3O2/c1-3-17-9(2)7-18-13(20)8-19-14(21)10-4-5-11(15)12(16)6-10/h4-6,9,17H,3,7-8H2,1-2H3,(H,18,20)(H,19,21)/t9-/m1/s1. The van der Waals surface area contributed by atoms with Crippen molar-refractivity contribution >= 4 is 35.0 Å². The van der Waals surface area contributed by atoms with Crippen molar-refractivity contribution in [3.05, 3.63) is 33.8 Å². The fourth-order valence-electron chi connectivity index (χ4n) is 1.65. The van der Waals surface area contributed by atoms with Crippen molar-refractivity contribution in [3.8, 4) is 0 Å². The minimum atomic E-state index is -0.372. The third-order valence-corrected chi connectivity index (χ3v) is 3.49. The Kier molecular flexibility index (Phi) is 7.50. The molecule has 7 heteroatoms. The SMILES string of the molecule is CCN[C@H](C)CNC(=O)CNC(=O)c1ccc(Cl)c(Cl)c1. The van der Waals surface area contributed by atoms with E-state index in [4.69, 9.17) is 23.2 Å². The number of hydrogen-bond donors (Lipinski definition) is 3. The van der Waals surface area contributed by atoms with Crippen LogP contribution in [0.1, 0.15) is 24.2 Å². The monoisotopic (exact) mass is 331 g/mol. The molecule has 0 aliphatic carbocycles. The van der Waals surface area contributed by atoms with Gasteiger partial charge in [-0.2, -0.15) is 0 Å². The lowest BCUT2D eigenvalue weighted by molar-refractivity contribution is -0.120. The summed E-state index contributed by atoms with van der Waals surface area (Å²) in [5, 5.41) is 9.11. The van der Waals surface area contributed by atoms with E-state index in [0.717, 1.165) is 6.54 Å². The van der Waals surface area contributed by atoms with Crippen LogP contribution in [0.3, 0.4) is 0 Å². The largest absolute Gasteiger partial charge is 0.353 e. The number of nitrogens with one attached hydrogen (secondary N) is 3. The molecule has 2 amide bonds. The summed E-state index contributed by atoms with van der Waals surface area (Å²) in [5.41, 5.74) is 0.359. The topological polar surface area (TPSA) is 70.2 Å². The smallest absolute Gasteiger partial charge is 0.251 e. The highest BCUT2D eigenvalue weighted by Gasteiger charge is 2.10. The van der Waals surface area contributed by atoms with E-state index in [2.05, 4.69) is 16.0 Å². The molecule has 0 bridgehead atoms. The van der Waals surface area contributed by atoms with Gasteiger partial charge in [-0.1, -0.05) is 30.1 Å². The zero-order chi connectivity index (χ0) is 15.8. The molecule has 0 saturated carbocycles. The Morgan fingerprint density at radius 1 is 1.19 bits per heavy atom. The number of benzene rings is 1. The predicted octanol–water partition coefficient (Wildman–Crippen LogP) is 1.84. The summed E-state index contributed by atoms with van der Waals surface area (Å²) in [6.45, 7) is 5.23. The second-order valence-electron chi connectivity index (χ2n) is 4.57. The van der Waals surface area contributed by atoms with E-state index in [9.17, 15) is 9.59 Å². The molecule has 0 spiro atoms. The van der Waals surface area contributed by atoms with Crippen molar-refractivity contribution in [2.75, 3.05) is 19.6 Å². The number of carbonyl (C=O) groups excluding carboxylic acids is 2. The van der Waals surface area contributed by atoms with Gasteiger partial charge in [-0.15, -0.1) is 0 Å². The highest BCUT2D eigenvalue weighted by atomic mass is 35.5. The molecule has 0 fully saturated rings. The van der Waals surface area contributed by atoms with Crippen molar-refractivity contribution in [2.24, 2.45) is 0 Å². The highest BCUT2D eigenvalue weighted by Crippen LogP contribution is 2.22. The normalized spacial score (nSPS) is 11.8. The van der Waals surface area contributed by atoms with Crippen molar-refractivity contribution < 1.29 is 9.59 Å². The Morgan fingerprint density at radius 3 is 2.52 bits per heavy atom. The maximum atomic E-state index is 11.8. The van der Waals surface area contributed by atoms with Gasteiger partial charge in [0.2, 0.25) is 5.91 Å². The van der Waals surface area contributed by atoms with Gasteiger partial charge in [0.1, 0.15) is 0 Å². The van der Waals surface area contributed by atoms with Crippen LogP contribution in [0, 0.1) is 0 Å². The minimum Gasteiger partial charge on any atom is -0.353 e. The number of hydrogen-bond acceptors (Lipinski definition) is 3. The van der Waals surface area contributed by atoms with Gasteiger partial charge < -0.3 is 16.0 Å². The fourth-order valence-corrected chi connectivity index (χ4v) is 1.95. The summed E-state index contributed by atoms with van der Waals surface area (Å²) in [5.74, 6) is -0.614. The molecule has 0 aliphatic rings. The van der Waals surface area contributed by atoms with Gasteiger partial charge in [0.15, 0.2) is 0 Å². The van der Waals surface area contributed by atoms with Crippen LogP contribution in [0.25, 0.3) is 0 Å². The highest BCUT2D eigenvalue weighted by molar-refractivity contribution is 6.42. The average Bonchev–Trinajstić information content (AvgIpc) is 2.45. The lowest BCUT2D eigenvalue weighted by Gasteiger charge is -2.13. The first kappa shape index (κ1) is 17.8. The summed E-state index contributed by atoms with van der Waals surface area (Å²) in [6.07, 6.45) is 0. The van der Waals surface area contributed by atoms with E-state index in [1.54, 1.807) is 6.07 Å². The van der Waals surface area contributed by atoms with Crippen molar-refractivity contribution in [1.82, 2.24) is 16.0 Å². The summed E-state index contributed by atoms with van der Waals surface area (Å²) in [7, 11) is 0. The number of rotatable bonds is 7. The molecule has 0 radical (unpaired) electrons. The Bertz CT molecular complexity index is 509. The molecule has 0 aromatic heterocycles. The summed E-state index contributed by atoms with van der Waals surface area (Å²) in [4.78, 5) is 23.5.